The molecule has 2 nitrogen and oxygen atoms in total. The smallest absolute Gasteiger partial charge is 0.267 e. The summed E-state index contributed by atoms with van der Waals surface area (Å²) in [6.45, 7) is 2.46. The highest BCUT2D eigenvalue weighted by atomic mass is 19.3. The van der Waals surface area contributed by atoms with Gasteiger partial charge < -0.3 is 0 Å². The minimum atomic E-state index is -2.19. The van der Waals surface area contributed by atoms with Gasteiger partial charge in [-0.25, -0.2) is 4.39 Å². The van der Waals surface area contributed by atoms with Gasteiger partial charge in [-0.3, -0.25) is 9.48 Å². The molecule has 1 aliphatic rings. The average Bonchev–Trinajstić information content (AvgIpc) is 2.51. The van der Waals surface area contributed by atoms with Gasteiger partial charge in [0.25, 0.3) is 0 Å². The molecule has 0 bridgehead atoms. The third kappa shape index (κ3) is 3.40. The van der Waals surface area contributed by atoms with Crippen LogP contribution in [0.1, 0.15) is 12.8 Å². The van der Waals surface area contributed by atoms with Crippen LogP contribution in [0.5, 0.6) is 0 Å². The summed E-state index contributed by atoms with van der Waals surface area (Å²) >= 11 is 0. The van der Waals surface area contributed by atoms with E-state index < -0.39 is 11.9 Å². The van der Waals surface area contributed by atoms with E-state index in [4.69, 9.17) is 0 Å². The normalized spacial score (nSPS) is 15.7. The minimum Gasteiger partial charge on any atom is -0.267 e. The van der Waals surface area contributed by atoms with Crippen molar-refractivity contribution in [2.75, 3.05) is 26.7 Å². The minimum absolute atomic E-state index is 0.170. The molecule has 0 saturated heterocycles. The molecule has 0 atom stereocenters. The highest BCUT2D eigenvalue weighted by Crippen LogP contribution is 2.15. The van der Waals surface area contributed by atoms with Crippen molar-refractivity contribution in [1.29, 1.82) is 0 Å². The van der Waals surface area contributed by atoms with Crippen molar-refractivity contribution in [2.45, 2.75) is 12.8 Å². The largest absolute Gasteiger partial charge is 0.301 e. The van der Waals surface area contributed by atoms with E-state index in [0.29, 0.717) is 13.0 Å². The number of hydrogen-bond donors (Lipinski definition) is 0. The highest BCUT2D eigenvalue weighted by Gasteiger charge is 2.16. The molecule has 0 aromatic carbocycles. The number of nitrogens with zero attached hydrogens (tertiary/aromatic N) is 2. The molecule has 14 heavy (non-hydrogen) atoms. The Bertz CT molecular complexity index is 257. The molecule has 0 saturated carbocycles. The molecular weight excluding hydrogens is 193 g/mol. The Morgan fingerprint density at radius 2 is 2.14 bits per heavy atom. The van der Waals surface area contributed by atoms with Gasteiger partial charge >= 0.3 is 6.08 Å². The average molecular weight is 207 g/mol. The summed E-state index contributed by atoms with van der Waals surface area (Å²) in [5.41, 5.74) is 0. The molecule has 0 spiro atoms. The molecule has 5 heteroatoms. The molecular formula is C9H14F3N2+. The molecule has 0 amide bonds. The molecule has 0 aliphatic carbocycles. The molecule has 0 aromatic heterocycles. The summed E-state index contributed by atoms with van der Waals surface area (Å²) in [5.74, 6) is -1.28. The highest BCUT2D eigenvalue weighted by molar-refractivity contribution is 5.50. The Balaban J connectivity index is 2.20. The van der Waals surface area contributed by atoms with E-state index in [9.17, 15) is 13.2 Å². The van der Waals surface area contributed by atoms with Crippen molar-refractivity contribution < 1.29 is 17.7 Å². The first kappa shape index (κ1) is 11.1. The maximum atomic E-state index is 12.4. The van der Waals surface area contributed by atoms with Gasteiger partial charge in [0.15, 0.2) is 5.83 Å². The van der Waals surface area contributed by atoms with Crippen molar-refractivity contribution in [3.05, 3.63) is 11.9 Å². The van der Waals surface area contributed by atoms with Crippen LogP contribution in [0.25, 0.3) is 0 Å². The first-order chi connectivity index (χ1) is 6.59. The Morgan fingerprint density at radius 1 is 1.43 bits per heavy atom. The van der Waals surface area contributed by atoms with Crippen molar-refractivity contribution in [3.63, 3.8) is 0 Å². The van der Waals surface area contributed by atoms with Gasteiger partial charge in [0, 0.05) is 6.42 Å². The maximum absolute atomic E-state index is 12.4. The fraction of sp³-hybridized carbons (Fsp3) is 0.667. The zero-order valence-corrected chi connectivity index (χ0v) is 8.14. The molecule has 80 valence electrons. The first-order valence-electron chi connectivity index (χ1n) is 4.58. The van der Waals surface area contributed by atoms with Gasteiger partial charge in [-0.05, 0) is 6.42 Å². The fourth-order valence-electron chi connectivity index (χ4n) is 1.38. The molecule has 0 fully saturated rings. The summed E-state index contributed by atoms with van der Waals surface area (Å²) in [6, 6.07) is 0. The Labute approximate surface area is 81.3 Å². The number of hydrogen-bond acceptors (Lipinski definition) is 1. The predicted octanol–water partition coefficient (Wildman–Crippen LogP) is 1.83. The lowest BCUT2D eigenvalue weighted by Gasteiger charge is -2.04. The molecule has 1 rings (SSSR count). The second-order valence-corrected chi connectivity index (χ2v) is 3.40. The van der Waals surface area contributed by atoms with Crippen LogP contribution < -0.4 is 0 Å². The lowest BCUT2D eigenvalue weighted by atomic mass is 10.3. The van der Waals surface area contributed by atoms with Gasteiger partial charge in [0.2, 0.25) is 6.34 Å². The summed E-state index contributed by atoms with van der Waals surface area (Å²) in [7, 11) is 1.95. The Kier molecular flexibility index (Phi) is 3.98. The summed E-state index contributed by atoms with van der Waals surface area (Å²) in [4.78, 5) is 2.00. The van der Waals surface area contributed by atoms with Crippen molar-refractivity contribution in [3.8, 4) is 0 Å². The third-order valence-corrected chi connectivity index (χ3v) is 2.15. The summed E-state index contributed by atoms with van der Waals surface area (Å²) in [5, 5.41) is 0. The lowest BCUT2D eigenvalue weighted by molar-refractivity contribution is -0.482. The van der Waals surface area contributed by atoms with Gasteiger partial charge in [-0.2, -0.15) is 8.78 Å². The number of halogens is 3. The zero-order valence-electron chi connectivity index (χ0n) is 8.14. The van der Waals surface area contributed by atoms with Crippen LogP contribution >= 0.6 is 0 Å². The van der Waals surface area contributed by atoms with Crippen LogP contribution in [0, 0.1) is 0 Å². The number of rotatable bonds is 4. The second-order valence-electron chi connectivity index (χ2n) is 3.40. The second kappa shape index (κ2) is 5.02. The monoisotopic (exact) mass is 207 g/mol. The van der Waals surface area contributed by atoms with Gasteiger partial charge in [-0.15, -0.1) is 0 Å². The summed E-state index contributed by atoms with van der Waals surface area (Å²) in [6.07, 6.45) is -0.00958. The van der Waals surface area contributed by atoms with E-state index in [2.05, 4.69) is 0 Å². The fourth-order valence-corrected chi connectivity index (χ4v) is 1.38. The topological polar surface area (TPSA) is 6.25 Å². The molecule has 1 heterocycles. The standard InChI is InChI=1S/C9H14F3N2/c1-13-5-6-14(7-13)4-2-3-8(10)9(11)12/h7H,2-6H2,1H3/q+1. The Morgan fingerprint density at radius 3 is 2.64 bits per heavy atom. The molecule has 0 radical (unpaired) electrons. The first-order valence-corrected chi connectivity index (χ1v) is 4.58. The van der Waals surface area contributed by atoms with Crippen LogP contribution in [0.4, 0.5) is 13.2 Å². The molecule has 1 aliphatic heterocycles. The van der Waals surface area contributed by atoms with Gasteiger partial charge in [0.05, 0.1) is 13.6 Å². The van der Waals surface area contributed by atoms with E-state index >= 15 is 0 Å². The van der Waals surface area contributed by atoms with Crippen molar-refractivity contribution >= 4 is 6.34 Å². The molecule has 0 aromatic rings. The van der Waals surface area contributed by atoms with E-state index in [1.54, 1.807) is 0 Å². The Hall–Kier alpha value is -1.00. The van der Waals surface area contributed by atoms with Crippen LogP contribution in [0.15, 0.2) is 11.9 Å². The third-order valence-electron chi connectivity index (χ3n) is 2.15. The predicted molar refractivity (Wildman–Crippen MR) is 48.3 cm³/mol. The van der Waals surface area contributed by atoms with Crippen LogP contribution in [0.3, 0.4) is 0 Å². The maximum Gasteiger partial charge on any atom is 0.301 e. The van der Waals surface area contributed by atoms with Crippen LogP contribution in [0.2, 0.25) is 0 Å². The van der Waals surface area contributed by atoms with Crippen LogP contribution in [-0.2, 0) is 0 Å². The van der Waals surface area contributed by atoms with E-state index in [-0.39, 0.29) is 6.42 Å². The lowest BCUT2D eigenvalue weighted by Crippen LogP contribution is -2.20. The SMILES string of the molecule is C[N+]1=CN(CCCC(F)=C(F)F)CC1. The van der Waals surface area contributed by atoms with Crippen molar-refractivity contribution in [2.24, 2.45) is 0 Å². The van der Waals surface area contributed by atoms with Gasteiger partial charge in [-0.1, -0.05) is 0 Å². The van der Waals surface area contributed by atoms with Gasteiger partial charge in [0.1, 0.15) is 13.1 Å². The zero-order chi connectivity index (χ0) is 10.6. The van der Waals surface area contributed by atoms with E-state index in [0.717, 1.165) is 13.1 Å². The van der Waals surface area contributed by atoms with Crippen LogP contribution in [-0.4, -0.2) is 42.5 Å². The van der Waals surface area contributed by atoms with Crippen molar-refractivity contribution in [1.82, 2.24) is 4.90 Å². The molecule has 0 unspecified atom stereocenters. The molecule has 0 N–H and O–H groups in total. The number of allylic oxidation sites excluding steroid dienone is 1. The quantitative estimate of drug-likeness (QED) is 0.637. The van der Waals surface area contributed by atoms with E-state index in [1.807, 2.05) is 22.9 Å². The number of likely N-dealkylation sites (N-methyl/N-ethyl adjacent to an activating group) is 1. The van der Waals surface area contributed by atoms with E-state index in [1.165, 1.54) is 0 Å². The summed E-state index contributed by atoms with van der Waals surface area (Å²) < 4.78 is 37.7.